The van der Waals surface area contributed by atoms with Crippen LogP contribution in [0, 0.1) is 5.92 Å². The summed E-state index contributed by atoms with van der Waals surface area (Å²) in [5, 5.41) is 8.65. The highest BCUT2D eigenvalue weighted by atomic mass is 16.4. The smallest absolute Gasteiger partial charge is 0.310 e. The second kappa shape index (κ2) is 5.71. The molecule has 0 rings (SSSR count). The molecule has 0 bridgehead atoms. The van der Waals surface area contributed by atoms with Crippen LogP contribution in [0.25, 0.3) is 0 Å². The van der Waals surface area contributed by atoms with E-state index in [1.54, 1.807) is 12.2 Å². The average Bonchev–Trinajstić information content (AvgIpc) is 1.97. The number of aliphatic carboxylic acids is 1. The molecule has 62 valence electrons. The highest BCUT2D eigenvalue weighted by Crippen LogP contribution is 2.05. The first kappa shape index (κ1) is 9.95. The molecule has 0 aromatic rings. The van der Waals surface area contributed by atoms with Crippen molar-refractivity contribution in [1.29, 1.82) is 0 Å². The minimum absolute atomic E-state index is 0.365. The SMILES string of the molecule is CC=CC(C/C=C/C)C(=O)O. The second-order valence-electron chi connectivity index (χ2n) is 2.28. The molecule has 2 nitrogen and oxygen atoms in total. The minimum atomic E-state index is -0.763. The van der Waals surface area contributed by atoms with E-state index in [4.69, 9.17) is 5.11 Å². The Bertz CT molecular complexity index is 168. The Morgan fingerprint density at radius 3 is 2.45 bits per heavy atom. The lowest BCUT2D eigenvalue weighted by molar-refractivity contribution is -0.139. The Kier molecular flexibility index (Phi) is 5.17. The van der Waals surface area contributed by atoms with Gasteiger partial charge in [-0.1, -0.05) is 24.3 Å². The zero-order valence-corrected chi connectivity index (χ0v) is 6.95. The van der Waals surface area contributed by atoms with Gasteiger partial charge < -0.3 is 5.11 Å². The molecule has 0 aliphatic heterocycles. The van der Waals surface area contributed by atoms with E-state index in [-0.39, 0.29) is 5.92 Å². The second-order valence-corrected chi connectivity index (χ2v) is 2.28. The molecule has 0 aromatic heterocycles. The van der Waals surface area contributed by atoms with Crippen molar-refractivity contribution in [3.05, 3.63) is 24.3 Å². The van der Waals surface area contributed by atoms with Crippen molar-refractivity contribution >= 4 is 5.97 Å². The third-order valence-electron chi connectivity index (χ3n) is 1.37. The van der Waals surface area contributed by atoms with Gasteiger partial charge in [0.15, 0.2) is 0 Å². The quantitative estimate of drug-likeness (QED) is 0.630. The van der Waals surface area contributed by atoms with Gasteiger partial charge in [-0.25, -0.2) is 0 Å². The molecule has 0 aliphatic carbocycles. The molecule has 0 heterocycles. The van der Waals surface area contributed by atoms with Gasteiger partial charge in [-0.05, 0) is 20.3 Å². The molecule has 0 spiro atoms. The number of carboxylic acids is 1. The molecule has 1 N–H and O–H groups in total. The summed E-state index contributed by atoms with van der Waals surface area (Å²) in [5.41, 5.74) is 0. The van der Waals surface area contributed by atoms with Crippen molar-refractivity contribution in [1.82, 2.24) is 0 Å². The van der Waals surface area contributed by atoms with Gasteiger partial charge in [-0.3, -0.25) is 4.79 Å². The van der Waals surface area contributed by atoms with Crippen molar-refractivity contribution in [3.63, 3.8) is 0 Å². The van der Waals surface area contributed by atoms with Gasteiger partial charge in [0.1, 0.15) is 0 Å². The van der Waals surface area contributed by atoms with E-state index in [9.17, 15) is 4.79 Å². The maximum Gasteiger partial charge on any atom is 0.310 e. The van der Waals surface area contributed by atoms with Crippen LogP contribution in [-0.4, -0.2) is 11.1 Å². The van der Waals surface area contributed by atoms with Crippen LogP contribution < -0.4 is 0 Å². The molecular weight excluding hydrogens is 140 g/mol. The summed E-state index contributed by atoms with van der Waals surface area (Å²) >= 11 is 0. The Balaban J connectivity index is 4.00. The van der Waals surface area contributed by atoms with E-state index in [1.165, 1.54) is 0 Å². The molecule has 0 saturated heterocycles. The van der Waals surface area contributed by atoms with Crippen LogP contribution in [0.5, 0.6) is 0 Å². The minimum Gasteiger partial charge on any atom is -0.481 e. The molecule has 0 amide bonds. The maximum atomic E-state index is 10.5. The number of carbonyl (C=O) groups is 1. The summed E-state index contributed by atoms with van der Waals surface area (Å²) in [6.07, 6.45) is 7.76. The number of hydrogen-bond donors (Lipinski definition) is 1. The van der Waals surface area contributed by atoms with Crippen LogP contribution in [-0.2, 0) is 4.79 Å². The summed E-state index contributed by atoms with van der Waals surface area (Å²) in [7, 11) is 0. The monoisotopic (exact) mass is 154 g/mol. The summed E-state index contributed by atoms with van der Waals surface area (Å²) in [6, 6.07) is 0. The van der Waals surface area contributed by atoms with Crippen molar-refractivity contribution in [2.75, 3.05) is 0 Å². The van der Waals surface area contributed by atoms with E-state index < -0.39 is 5.97 Å². The number of rotatable bonds is 4. The standard InChI is InChI=1S/C9H14O2/c1-3-5-7-8(6-4-2)9(10)11/h3-6,8H,7H2,1-2H3,(H,10,11)/b5-3+,6-4?. The van der Waals surface area contributed by atoms with Crippen molar-refractivity contribution in [2.24, 2.45) is 5.92 Å². The molecule has 0 radical (unpaired) electrons. The lowest BCUT2D eigenvalue weighted by atomic mass is 10.1. The van der Waals surface area contributed by atoms with Crippen LogP contribution in [0.2, 0.25) is 0 Å². The van der Waals surface area contributed by atoms with E-state index in [0.29, 0.717) is 6.42 Å². The van der Waals surface area contributed by atoms with Crippen LogP contribution in [0.1, 0.15) is 20.3 Å². The molecule has 1 atom stereocenters. The van der Waals surface area contributed by atoms with Gasteiger partial charge in [0.05, 0.1) is 5.92 Å². The molecule has 1 unspecified atom stereocenters. The third-order valence-corrected chi connectivity index (χ3v) is 1.37. The van der Waals surface area contributed by atoms with Crippen molar-refractivity contribution < 1.29 is 9.90 Å². The highest BCUT2D eigenvalue weighted by Gasteiger charge is 2.10. The normalized spacial score (nSPS) is 14.4. The maximum absolute atomic E-state index is 10.5. The summed E-state index contributed by atoms with van der Waals surface area (Å²) in [4.78, 5) is 10.5. The predicted octanol–water partition coefficient (Wildman–Crippen LogP) is 2.23. The topological polar surface area (TPSA) is 37.3 Å². The molecule has 0 saturated carbocycles. The molecule has 0 aliphatic rings. The summed E-state index contributed by atoms with van der Waals surface area (Å²) in [5.74, 6) is -1.13. The van der Waals surface area contributed by atoms with Gasteiger partial charge in [0, 0.05) is 0 Å². The number of carboxylic acid groups (broad SMARTS) is 1. The lowest BCUT2D eigenvalue weighted by Crippen LogP contribution is -2.09. The average molecular weight is 154 g/mol. The van der Waals surface area contributed by atoms with Gasteiger partial charge in [-0.2, -0.15) is 0 Å². The largest absolute Gasteiger partial charge is 0.481 e. The van der Waals surface area contributed by atoms with E-state index in [2.05, 4.69) is 0 Å². The lowest BCUT2D eigenvalue weighted by Gasteiger charge is -2.01. The van der Waals surface area contributed by atoms with Gasteiger partial charge in [-0.15, -0.1) is 0 Å². The Hall–Kier alpha value is -1.05. The molecule has 11 heavy (non-hydrogen) atoms. The fourth-order valence-electron chi connectivity index (χ4n) is 0.777. The Morgan fingerprint density at radius 2 is 2.09 bits per heavy atom. The first-order chi connectivity index (χ1) is 5.22. The fraction of sp³-hybridized carbons (Fsp3) is 0.444. The fourth-order valence-corrected chi connectivity index (χ4v) is 0.777. The Labute approximate surface area is 67.2 Å². The Morgan fingerprint density at radius 1 is 1.45 bits per heavy atom. The van der Waals surface area contributed by atoms with Crippen LogP contribution in [0.15, 0.2) is 24.3 Å². The number of hydrogen-bond acceptors (Lipinski definition) is 1. The molecular formula is C9H14O2. The highest BCUT2D eigenvalue weighted by molar-refractivity contribution is 5.72. The summed E-state index contributed by atoms with van der Waals surface area (Å²) < 4.78 is 0. The van der Waals surface area contributed by atoms with Gasteiger partial charge in [0.25, 0.3) is 0 Å². The van der Waals surface area contributed by atoms with Gasteiger partial charge >= 0.3 is 5.97 Å². The third kappa shape index (κ3) is 4.37. The van der Waals surface area contributed by atoms with Gasteiger partial charge in [0.2, 0.25) is 0 Å². The first-order valence-electron chi connectivity index (χ1n) is 3.69. The van der Waals surface area contributed by atoms with Crippen LogP contribution >= 0.6 is 0 Å². The van der Waals surface area contributed by atoms with E-state index in [0.717, 1.165) is 0 Å². The predicted molar refractivity (Wildman–Crippen MR) is 45.4 cm³/mol. The van der Waals surface area contributed by atoms with E-state index in [1.807, 2.05) is 26.0 Å². The zero-order chi connectivity index (χ0) is 8.69. The van der Waals surface area contributed by atoms with E-state index >= 15 is 0 Å². The van der Waals surface area contributed by atoms with Crippen LogP contribution in [0.3, 0.4) is 0 Å². The molecule has 0 aromatic carbocycles. The van der Waals surface area contributed by atoms with Crippen molar-refractivity contribution in [2.45, 2.75) is 20.3 Å². The first-order valence-corrected chi connectivity index (χ1v) is 3.69. The molecule has 2 heteroatoms. The zero-order valence-electron chi connectivity index (χ0n) is 6.95. The van der Waals surface area contributed by atoms with Crippen LogP contribution in [0.4, 0.5) is 0 Å². The number of allylic oxidation sites excluding steroid dienone is 3. The summed E-state index contributed by atoms with van der Waals surface area (Å²) in [6.45, 7) is 3.71. The molecule has 0 fully saturated rings. The van der Waals surface area contributed by atoms with Crippen molar-refractivity contribution in [3.8, 4) is 0 Å².